The lowest BCUT2D eigenvalue weighted by molar-refractivity contribution is -0.188. The van der Waals surface area contributed by atoms with Gasteiger partial charge in [-0.05, 0) is 51.6 Å². The van der Waals surface area contributed by atoms with Crippen LogP contribution in [0.1, 0.15) is 51.4 Å². The van der Waals surface area contributed by atoms with E-state index < -0.39 is 12.1 Å². The van der Waals surface area contributed by atoms with Gasteiger partial charge in [-0.2, -0.15) is 13.2 Å². The highest BCUT2D eigenvalue weighted by molar-refractivity contribution is 4.88. The minimum absolute atomic E-state index is 0.122. The van der Waals surface area contributed by atoms with Crippen molar-refractivity contribution < 1.29 is 13.2 Å². The smallest absolute Gasteiger partial charge is 0.330 e. The predicted molar refractivity (Wildman–Crippen MR) is 69.8 cm³/mol. The maximum atomic E-state index is 12.9. The van der Waals surface area contributed by atoms with Gasteiger partial charge in [0.1, 0.15) is 0 Å². The molecule has 2 aliphatic rings. The first-order valence-electron chi connectivity index (χ1n) is 7.55. The van der Waals surface area contributed by atoms with Crippen LogP contribution < -0.4 is 5.73 Å². The lowest BCUT2D eigenvalue weighted by atomic mass is 9.82. The maximum Gasteiger partial charge on any atom is 0.391 e. The van der Waals surface area contributed by atoms with Gasteiger partial charge in [0, 0.05) is 12.1 Å². The summed E-state index contributed by atoms with van der Waals surface area (Å²) in [6.45, 7) is 1.59. The zero-order valence-corrected chi connectivity index (χ0v) is 11.5. The van der Waals surface area contributed by atoms with Gasteiger partial charge in [0.2, 0.25) is 0 Å². The van der Waals surface area contributed by atoms with Crippen LogP contribution in [0.3, 0.4) is 0 Å². The van der Waals surface area contributed by atoms with Crippen LogP contribution in [-0.2, 0) is 0 Å². The fourth-order valence-corrected chi connectivity index (χ4v) is 3.77. The van der Waals surface area contributed by atoms with Gasteiger partial charge in [0.15, 0.2) is 0 Å². The first-order valence-corrected chi connectivity index (χ1v) is 7.55. The molecule has 19 heavy (non-hydrogen) atoms. The molecule has 0 aromatic carbocycles. The number of nitrogens with two attached hydrogens (primary N) is 1. The Morgan fingerprint density at radius 3 is 2.53 bits per heavy atom. The van der Waals surface area contributed by atoms with E-state index in [9.17, 15) is 13.2 Å². The van der Waals surface area contributed by atoms with Crippen LogP contribution in [0.4, 0.5) is 13.2 Å². The van der Waals surface area contributed by atoms with Gasteiger partial charge in [-0.25, -0.2) is 0 Å². The summed E-state index contributed by atoms with van der Waals surface area (Å²) < 4.78 is 38.7. The van der Waals surface area contributed by atoms with Crippen LogP contribution in [0.15, 0.2) is 0 Å². The van der Waals surface area contributed by atoms with Gasteiger partial charge in [-0.3, -0.25) is 4.90 Å². The van der Waals surface area contributed by atoms with Gasteiger partial charge < -0.3 is 5.73 Å². The van der Waals surface area contributed by atoms with E-state index >= 15 is 0 Å². The van der Waals surface area contributed by atoms with Gasteiger partial charge in [0.25, 0.3) is 0 Å². The second kappa shape index (κ2) is 6.44. The standard InChI is InChI=1S/C14H25F3N2/c15-14(16,17)11-4-3-6-13(10-11)19-9-2-1-5-12(19)7-8-18/h11-13H,1-10,18H2. The number of hydrogen-bond acceptors (Lipinski definition) is 2. The fourth-order valence-electron chi connectivity index (χ4n) is 3.77. The third kappa shape index (κ3) is 3.85. The van der Waals surface area contributed by atoms with Crippen molar-refractivity contribution in [3.05, 3.63) is 0 Å². The van der Waals surface area contributed by atoms with Crippen molar-refractivity contribution in [2.24, 2.45) is 11.7 Å². The summed E-state index contributed by atoms with van der Waals surface area (Å²) in [6, 6.07) is 0.535. The van der Waals surface area contributed by atoms with Crippen LogP contribution in [0.25, 0.3) is 0 Å². The number of hydrogen-bond donors (Lipinski definition) is 1. The molecule has 1 aliphatic carbocycles. The molecule has 5 heteroatoms. The molecule has 0 radical (unpaired) electrons. The summed E-state index contributed by atoms with van der Waals surface area (Å²) in [5, 5.41) is 0. The van der Waals surface area contributed by atoms with Crippen molar-refractivity contribution >= 4 is 0 Å². The average Bonchev–Trinajstić information content (AvgIpc) is 2.39. The van der Waals surface area contributed by atoms with Gasteiger partial charge in [-0.15, -0.1) is 0 Å². The Bertz CT molecular complexity index is 278. The lowest BCUT2D eigenvalue weighted by Gasteiger charge is -2.44. The quantitative estimate of drug-likeness (QED) is 0.858. The Balaban J connectivity index is 1.98. The zero-order valence-electron chi connectivity index (χ0n) is 11.5. The highest BCUT2D eigenvalue weighted by atomic mass is 19.4. The Morgan fingerprint density at radius 2 is 1.84 bits per heavy atom. The van der Waals surface area contributed by atoms with Crippen molar-refractivity contribution in [1.82, 2.24) is 4.90 Å². The minimum Gasteiger partial charge on any atom is -0.330 e. The highest BCUT2D eigenvalue weighted by Crippen LogP contribution is 2.40. The lowest BCUT2D eigenvalue weighted by Crippen LogP contribution is -2.49. The molecule has 0 amide bonds. The van der Waals surface area contributed by atoms with Gasteiger partial charge in [0.05, 0.1) is 5.92 Å². The van der Waals surface area contributed by atoms with Crippen molar-refractivity contribution in [3.63, 3.8) is 0 Å². The second-order valence-corrected chi connectivity index (χ2v) is 6.02. The molecule has 1 saturated carbocycles. The molecule has 0 bridgehead atoms. The van der Waals surface area contributed by atoms with Crippen LogP contribution in [0.2, 0.25) is 0 Å². The van der Waals surface area contributed by atoms with Gasteiger partial charge in [-0.1, -0.05) is 12.8 Å². The van der Waals surface area contributed by atoms with E-state index in [1.165, 1.54) is 6.42 Å². The monoisotopic (exact) mass is 278 g/mol. The summed E-state index contributed by atoms with van der Waals surface area (Å²) in [5.74, 6) is -1.09. The van der Waals surface area contributed by atoms with Crippen LogP contribution >= 0.6 is 0 Å². The predicted octanol–water partition coefficient (Wildman–Crippen LogP) is 3.31. The molecule has 3 unspecified atom stereocenters. The molecule has 2 N–H and O–H groups in total. The number of piperidine rings is 1. The number of halogens is 3. The van der Waals surface area contributed by atoms with E-state index in [2.05, 4.69) is 4.90 Å². The average molecular weight is 278 g/mol. The molecule has 1 saturated heterocycles. The molecule has 3 atom stereocenters. The van der Waals surface area contributed by atoms with E-state index in [1.807, 2.05) is 0 Å². The normalized spacial score (nSPS) is 34.4. The van der Waals surface area contributed by atoms with Crippen LogP contribution in [0.5, 0.6) is 0 Å². The van der Waals surface area contributed by atoms with Crippen molar-refractivity contribution in [3.8, 4) is 0 Å². The molecule has 0 spiro atoms. The molecule has 0 aromatic rings. The minimum atomic E-state index is -4.02. The molecule has 2 nitrogen and oxygen atoms in total. The van der Waals surface area contributed by atoms with E-state index in [-0.39, 0.29) is 6.04 Å². The molecule has 1 heterocycles. The SMILES string of the molecule is NCCC1CCCCN1C1CCCC(C(F)(F)F)C1. The number of nitrogens with zero attached hydrogens (tertiary/aromatic N) is 1. The summed E-state index contributed by atoms with van der Waals surface area (Å²) >= 11 is 0. The molecule has 2 rings (SSSR count). The Hall–Kier alpha value is -0.290. The molecule has 0 aromatic heterocycles. The van der Waals surface area contributed by atoms with E-state index in [4.69, 9.17) is 5.73 Å². The van der Waals surface area contributed by atoms with Crippen molar-refractivity contribution in [2.45, 2.75) is 69.6 Å². The summed E-state index contributed by atoms with van der Waals surface area (Å²) in [6.07, 6.45) is 2.56. The second-order valence-electron chi connectivity index (χ2n) is 6.02. The fraction of sp³-hybridized carbons (Fsp3) is 1.00. The van der Waals surface area contributed by atoms with E-state index in [0.717, 1.165) is 32.2 Å². The molecular formula is C14H25F3N2. The molecule has 1 aliphatic heterocycles. The summed E-state index contributed by atoms with van der Waals surface area (Å²) in [5.41, 5.74) is 5.64. The first-order chi connectivity index (χ1) is 9.02. The van der Waals surface area contributed by atoms with Crippen molar-refractivity contribution in [1.29, 1.82) is 0 Å². The van der Waals surface area contributed by atoms with Crippen LogP contribution in [0, 0.1) is 5.92 Å². The Morgan fingerprint density at radius 1 is 1.05 bits per heavy atom. The largest absolute Gasteiger partial charge is 0.391 e. The van der Waals surface area contributed by atoms with Crippen molar-refractivity contribution in [2.75, 3.05) is 13.1 Å². The Labute approximate surface area is 113 Å². The van der Waals surface area contributed by atoms with E-state index in [1.54, 1.807) is 0 Å². The molecular weight excluding hydrogens is 253 g/mol. The molecule has 112 valence electrons. The first kappa shape index (κ1) is 15.1. The number of rotatable bonds is 3. The van der Waals surface area contributed by atoms with Gasteiger partial charge >= 0.3 is 6.18 Å². The Kier molecular flexibility index (Phi) is 5.12. The highest BCUT2D eigenvalue weighted by Gasteiger charge is 2.44. The summed E-state index contributed by atoms with van der Waals surface area (Å²) in [4.78, 5) is 2.34. The third-order valence-electron chi connectivity index (χ3n) is 4.75. The van der Waals surface area contributed by atoms with Crippen LogP contribution in [-0.4, -0.2) is 36.2 Å². The van der Waals surface area contributed by atoms with E-state index in [0.29, 0.717) is 31.8 Å². The third-order valence-corrected chi connectivity index (χ3v) is 4.75. The maximum absolute atomic E-state index is 12.9. The number of alkyl halides is 3. The summed E-state index contributed by atoms with van der Waals surface area (Å²) in [7, 11) is 0. The molecule has 2 fully saturated rings. The topological polar surface area (TPSA) is 29.3 Å². The zero-order chi connectivity index (χ0) is 13.9. The number of likely N-dealkylation sites (tertiary alicyclic amines) is 1.